The van der Waals surface area contributed by atoms with E-state index < -0.39 is 0 Å². The van der Waals surface area contributed by atoms with Gasteiger partial charge in [-0.05, 0) is 18.8 Å². The summed E-state index contributed by atoms with van der Waals surface area (Å²) < 4.78 is 0. The van der Waals surface area contributed by atoms with E-state index in [-0.39, 0.29) is 5.91 Å². The van der Waals surface area contributed by atoms with Crippen molar-refractivity contribution < 1.29 is 4.79 Å². The summed E-state index contributed by atoms with van der Waals surface area (Å²) in [6.45, 7) is 8.22. The van der Waals surface area contributed by atoms with Gasteiger partial charge in [-0.1, -0.05) is 65.4 Å². The number of hydrogen-bond acceptors (Lipinski definition) is 1. The third-order valence-corrected chi connectivity index (χ3v) is 3.11. The zero-order valence-corrected chi connectivity index (χ0v) is 11.6. The van der Waals surface area contributed by atoms with Crippen LogP contribution < -0.4 is 5.73 Å². The summed E-state index contributed by atoms with van der Waals surface area (Å²) in [5.41, 5.74) is 5.69. The van der Waals surface area contributed by atoms with Crippen LogP contribution in [0.4, 0.5) is 0 Å². The molecule has 17 heavy (non-hydrogen) atoms. The lowest BCUT2D eigenvalue weighted by molar-refractivity contribution is -0.114. The van der Waals surface area contributed by atoms with E-state index in [1.165, 1.54) is 44.9 Å². The number of rotatable bonds is 11. The van der Waals surface area contributed by atoms with Gasteiger partial charge in [-0.25, -0.2) is 0 Å². The maximum atomic E-state index is 10.7. The van der Waals surface area contributed by atoms with Gasteiger partial charge >= 0.3 is 0 Å². The standard InChI is InChI=1S/C15H29NO/c1-13(2)11-9-7-5-4-6-8-10-12-14(3)15(16)17/h13H,3-12H2,1-2H3,(H2,16,17). The first-order chi connectivity index (χ1) is 8.04. The number of hydrogen-bond donors (Lipinski definition) is 1. The highest BCUT2D eigenvalue weighted by molar-refractivity contribution is 5.91. The number of carbonyl (C=O) groups is 1. The Hall–Kier alpha value is -0.790. The Bertz CT molecular complexity index is 221. The zero-order chi connectivity index (χ0) is 13.1. The van der Waals surface area contributed by atoms with Gasteiger partial charge < -0.3 is 5.73 Å². The van der Waals surface area contributed by atoms with Gasteiger partial charge in [0.15, 0.2) is 0 Å². The van der Waals surface area contributed by atoms with Crippen LogP contribution >= 0.6 is 0 Å². The summed E-state index contributed by atoms with van der Waals surface area (Å²) in [7, 11) is 0. The molecule has 0 aromatic carbocycles. The van der Waals surface area contributed by atoms with E-state index in [1.807, 2.05) is 0 Å². The summed E-state index contributed by atoms with van der Waals surface area (Å²) in [6.07, 6.45) is 11.0. The second kappa shape index (κ2) is 10.4. The van der Waals surface area contributed by atoms with Gasteiger partial charge in [0.25, 0.3) is 0 Å². The largest absolute Gasteiger partial charge is 0.366 e. The molecule has 0 atom stereocenters. The molecule has 0 aliphatic carbocycles. The van der Waals surface area contributed by atoms with Gasteiger partial charge in [-0.3, -0.25) is 4.79 Å². The van der Waals surface area contributed by atoms with E-state index in [2.05, 4.69) is 20.4 Å². The van der Waals surface area contributed by atoms with E-state index in [0.29, 0.717) is 5.57 Å². The smallest absolute Gasteiger partial charge is 0.244 e. The lowest BCUT2D eigenvalue weighted by Crippen LogP contribution is -2.12. The lowest BCUT2D eigenvalue weighted by Gasteiger charge is -2.04. The highest BCUT2D eigenvalue weighted by Gasteiger charge is 2.00. The van der Waals surface area contributed by atoms with Crippen LogP contribution in [0.2, 0.25) is 0 Å². The summed E-state index contributed by atoms with van der Waals surface area (Å²) in [6, 6.07) is 0. The van der Waals surface area contributed by atoms with Crippen LogP contribution in [0.3, 0.4) is 0 Å². The Morgan fingerprint density at radius 2 is 1.47 bits per heavy atom. The van der Waals surface area contributed by atoms with Crippen LogP contribution in [0.15, 0.2) is 12.2 Å². The van der Waals surface area contributed by atoms with Crippen LogP contribution in [0, 0.1) is 5.92 Å². The van der Waals surface area contributed by atoms with Crippen molar-refractivity contribution in [3.63, 3.8) is 0 Å². The minimum absolute atomic E-state index is 0.348. The molecule has 1 amide bonds. The Morgan fingerprint density at radius 3 is 1.94 bits per heavy atom. The lowest BCUT2D eigenvalue weighted by atomic mass is 10.0. The average Bonchev–Trinajstić information content (AvgIpc) is 2.25. The molecule has 0 spiro atoms. The number of nitrogens with two attached hydrogens (primary N) is 1. The van der Waals surface area contributed by atoms with E-state index in [9.17, 15) is 4.79 Å². The van der Waals surface area contributed by atoms with Crippen molar-refractivity contribution in [3.05, 3.63) is 12.2 Å². The molecule has 0 bridgehead atoms. The van der Waals surface area contributed by atoms with E-state index >= 15 is 0 Å². The zero-order valence-electron chi connectivity index (χ0n) is 11.6. The fourth-order valence-electron chi connectivity index (χ4n) is 1.90. The SMILES string of the molecule is C=C(CCCCCCCCCC(C)C)C(N)=O. The van der Waals surface area contributed by atoms with Gasteiger partial charge in [0.05, 0.1) is 0 Å². The summed E-state index contributed by atoms with van der Waals surface area (Å²) in [5.74, 6) is 0.494. The molecule has 2 heteroatoms. The molecule has 0 aromatic rings. The average molecular weight is 239 g/mol. The molecule has 0 saturated carbocycles. The maximum Gasteiger partial charge on any atom is 0.244 e. The van der Waals surface area contributed by atoms with Crippen molar-refractivity contribution in [1.82, 2.24) is 0 Å². The third kappa shape index (κ3) is 11.5. The molecule has 0 saturated heterocycles. The second-order valence-corrected chi connectivity index (χ2v) is 5.38. The van der Waals surface area contributed by atoms with Crippen LogP contribution in [0.1, 0.15) is 71.6 Å². The topological polar surface area (TPSA) is 43.1 Å². The van der Waals surface area contributed by atoms with Crippen molar-refractivity contribution in [2.75, 3.05) is 0 Å². The molecule has 0 unspecified atom stereocenters. The van der Waals surface area contributed by atoms with Gasteiger partial charge in [0.1, 0.15) is 0 Å². The number of carbonyl (C=O) groups excluding carboxylic acids is 1. The summed E-state index contributed by atoms with van der Waals surface area (Å²) in [5, 5.41) is 0. The first-order valence-electron chi connectivity index (χ1n) is 7.01. The van der Waals surface area contributed by atoms with Gasteiger partial charge in [-0.2, -0.15) is 0 Å². The van der Waals surface area contributed by atoms with Gasteiger partial charge in [0.2, 0.25) is 5.91 Å². The maximum absolute atomic E-state index is 10.7. The number of amides is 1. The Kier molecular flexibility index (Phi) is 9.89. The minimum atomic E-state index is -0.348. The van der Waals surface area contributed by atoms with Crippen LogP contribution in [0.5, 0.6) is 0 Å². The molecular formula is C15H29NO. The highest BCUT2D eigenvalue weighted by Crippen LogP contribution is 2.13. The van der Waals surface area contributed by atoms with Gasteiger partial charge in [0, 0.05) is 5.57 Å². The van der Waals surface area contributed by atoms with Crippen LogP contribution in [-0.2, 0) is 4.79 Å². The van der Waals surface area contributed by atoms with Crippen LogP contribution in [0.25, 0.3) is 0 Å². The van der Waals surface area contributed by atoms with Crippen molar-refractivity contribution in [1.29, 1.82) is 0 Å². The van der Waals surface area contributed by atoms with E-state index in [0.717, 1.165) is 18.8 Å². The Balaban J connectivity index is 3.14. The molecule has 0 fully saturated rings. The fraction of sp³-hybridized carbons (Fsp3) is 0.800. The van der Waals surface area contributed by atoms with Crippen LogP contribution in [-0.4, -0.2) is 5.91 Å². The fourth-order valence-corrected chi connectivity index (χ4v) is 1.90. The van der Waals surface area contributed by atoms with Gasteiger partial charge in [-0.15, -0.1) is 0 Å². The molecule has 0 heterocycles. The summed E-state index contributed by atoms with van der Waals surface area (Å²) >= 11 is 0. The molecule has 100 valence electrons. The first-order valence-corrected chi connectivity index (χ1v) is 7.01. The molecule has 0 rings (SSSR count). The predicted molar refractivity (Wildman–Crippen MR) is 74.7 cm³/mol. The molecule has 0 aromatic heterocycles. The second-order valence-electron chi connectivity index (χ2n) is 5.38. The van der Waals surface area contributed by atoms with Crippen molar-refractivity contribution in [2.24, 2.45) is 11.7 Å². The molecule has 2 nitrogen and oxygen atoms in total. The molecule has 0 radical (unpaired) electrons. The Labute approximate surface area is 107 Å². The van der Waals surface area contributed by atoms with Crippen molar-refractivity contribution in [3.8, 4) is 0 Å². The molecule has 0 aliphatic heterocycles. The third-order valence-electron chi connectivity index (χ3n) is 3.11. The molecular weight excluding hydrogens is 210 g/mol. The van der Waals surface area contributed by atoms with Crippen molar-refractivity contribution >= 4 is 5.91 Å². The summed E-state index contributed by atoms with van der Waals surface area (Å²) in [4.78, 5) is 10.7. The quantitative estimate of drug-likeness (QED) is 0.426. The van der Waals surface area contributed by atoms with E-state index in [1.54, 1.807) is 0 Å². The predicted octanol–water partition coefficient (Wildman–Crippen LogP) is 4.19. The normalized spacial score (nSPS) is 10.8. The molecule has 0 aliphatic rings. The highest BCUT2D eigenvalue weighted by atomic mass is 16.1. The van der Waals surface area contributed by atoms with Crippen molar-refractivity contribution in [2.45, 2.75) is 71.6 Å². The number of unbranched alkanes of at least 4 members (excludes halogenated alkanes) is 6. The first kappa shape index (κ1) is 16.2. The minimum Gasteiger partial charge on any atom is -0.366 e. The number of primary amides is 1. The molecule has 2 N–H and O–H groups in total. The monoisotopic (exact) mass is 239 g/mol. The van der Waals surface area contributed by atoms with E-state index in [4.69, 9.17) is 5.73 Å². The Morgan fingerprint density at radius 1 is 1.00 bits per heavy atom.